The summed E-state index contributed by atoms with van der Waals surface area (Å²) in [5, 5.41) is 10.3. The van der Waals surface area contributed by atoms with Crippen LogP contribution in [-0.2, 0) is 16.0 Å². The predicted molar refractivity (Wildman–Crippen MR) is 89.5 cm³/mol. The molecule has 1 fully saturated rings. The highest BCUT2D eigenvalue weighted by atomic mass is 32.1. The van der Waals surface area contributed by atoms with E-state index in [1.165, 1.54) is 4.70 Å². The molecule has 0 bridgehead atoms. The molecule has 1 saturated heterocycles. The quantitative estimate of drug-likeness (QED) is 0.914. The first-order valence-corrected chi connectivity index (χ1v) is 8.65. The monoisotopic (exact) mass is 332 g/mol. The fourth-order valence-corrected chi connectivity index (χ4v) is 3.93. The first kappa shape index (κ1) is 15.9. The third-order valence-corrected chi connectivity index (χ3v) is 5.56. The second-order valence-corrected chi connectivity index (χ2v) is 7.48. The average Bonchev–Trinajstić information content (AvgIpc) is 3.11. The molecule has 0 aliphatic carbocycles. The maximum atomic E-state index is 12.2. The fourth-order valence-electron chi connectivity index (χ4n) is 2.92. The normalized spacial score (nSPS) is 21.0. The van der Waals surface area contributed by atoms with Crippen molar-refractivity contribution in [1.29, 1.82) is 0 Å². The fraction of sp³-hybridized carbons (Fsp3) is 0.471. The van der Waals surface area contributed by atoms with Crippen molar-refractivity contribution in [3.8, 4) is 0 Å². The summed E-state index contributed by atoms with van der Waals surface area (Å²) in [7, 11) is 0. The third kappa shape index (κ3) is 3.37. The van der Waals surface area contributed by atoms with Crippen molar-refractivity contribution in [1.82, 2.24) is 9.88 Å². The number of carboxylic acids is 1. The van der Waals surface area contributed by atoms with Crippen molar-refractivity contribution in [3.05, 3.63) is 29.3 Å². The molecular formula is C17H20N2O3S. The Morgan fingerprint density at radius 2 is 2.17 bits per heavy atom. The van der Waals surface area contributed by atoms with Crippen molar-refractivity contribution in [3.63, 3.8) is 0 Å². The number of benzene rings is 1. The number of carbonyl (C=O) groups is 2. The molecule has 1 aromatic heterocycles. The molecule has 2 heterocycles. The van der Waals surface area contributed by atoms with E-state index in [0.29, 0.717) is 25.9 Å². The minimum absolute atomic E-state index is 0.0519. The highest BCUT2D eigenvalue weighted by molar-refractivity contribution is 7.18. The van der Waals surface area contributed by atoms with Crippen LogP contribution in [0.15, 0.2) is 24.3 Å². The van der Waals surface area contributed by atoms with Gasteiger partial charge in [-0.2, -0.15) is 0 Å². The van der Waals surface area contributed by atoms with Crippen LogP contribution in [0, 0.1) is 5.41 Å². The Hall–Kier alpha value is -1.95. The number of carboxylic acid groups (broad SMARTS) is 1. The molecule has 1 amide bonds. The summed E-state index contributed by atoms with van der Waals surface area (Å²) in [5.74, 6) is -0.765. The molecule has 6 heteroatoms. The Labute approximate surface area is 138 Å². The topological polar surface area (TPSA) is 70.5 Å². The Morgan fingerprint density at radius 3 is 2.87 bits per heavy atom. The van der Waals surface area contributed by atoms with E-state index in [-0.39, 0.29) is 5.91 Å². The van der Waals surface area contributed by atoms with E-state index >= 15 is 0 Å². The molecule has 1 aliphatic rings. The molecule has 1 aliphatic heterocycles. The maximum Gasteiger partial charge on any atom is 0.311 e. The van der Waals surface area contributed by atoms with Gasteiger partial charge in [-0.1, -0.05) is 12.1 Å². The zero-order chi connectivity index (χ0) is 16.4. The minimum atomic E-state index is -0.817. The Bertz CT molecular complexity index is 709. The highest BCUT2D eigenvalue weighted by Crippen LogP contribution is 2.30. The number of hydrogen-bond acceptors (Lipinski definition) is 4. The number of aryl methyl sites for hydroxylation is 1. The first-order valence-electron chi connectivity index (χ1n) is 7.83. The molecule has 1 aromatic carbocycles. The number of amides is 1. The number of carbonyl (C=O) groups excluding carboxylic acids is 1. The molecule has 3 rings (SSSR count). The van der Waals surface area contributed by atoms with Crippen molar-refractivity contribution < 1.29 is 14.7 Å². The van der Waals surface area contributed by atoms with Gasteiger partial charge in [-0.25, -0.2) is 4.98 Å². The van der Waals surface area contributed by atoms with Gasteiger partial charge in [-0.05, 0) is 38.3 Å². The van der Waals surface area contributed by atoms with Gasteiger partial charge in [-0.3, -0.25) is 9.59 Å². The number of likely N-dealkylation sites (tertiary alicyclic amines) is 1. The predicted octanol–water partition coefficient (Wildman–Crippen LogP) is 2.94. The Balaban J connectivity index is 1.51. The minimum Gasteiger partial charge on any atom is -0.481 e. The van der Waals surface area contributed by atoms with Gasteiger partial charge in [0.05, 0.1) is 20.6 Å². The molecule has 2 aromatic rings. The number of nitrogens with zero attached hydrogens (tertiary/aromatic N) is 2. The summed E-state index contributed by atoms with van der Waals surface area (Å²) in [4.78, 5) is 29.7. The maximum absolute atomic E-state index is 12.2. The van der Waals surface area contributed by atoms with Gasteiger partial charge >= 0.3 is 5.97 Å². The van der Waals surface area contributed by atoms with E-state index in [1.807, 2.05) is 18.2 Å². The second-order valence-electron chi connectivity index (χ2n) is 6.36. The van der Waals surface area contributed by atoms with Crippen LogP contribution in [0.3, 0.4) is 0 Å². The molecule has 1 unspecified atom stereocenters. The van der Waals surface area contributed by atoms with Gasteiger partial charge < -0.3 is 10.0 Å². The second kappa shape index (κ2) is 6.28. The first-order chi connectivity index (χ1) is 11.0. The number of fused-ring (bicyclic) bond motifs is 1. The molecule has 1 atom stereocenters. The van der Waals surface area contributed by atoms with Gasteiger partial charge in [0.1, 0.15) is 0 Å². The molecule has 0 spiro atoms. The number of hydrogen-bond donors (Lipinski definition) is 1. The summed E-state index contributed by atoms with van der Waals surface area (Å²) < 4.78 is 1.17. The van der Waals surface area contributed by atoms with Crippen molar-refractivity contribution in [2.45, 2.75) is 32.6 Å². The molecule has 0 radical (unpaired) electrons. The van der Waals surface area contributed by atoms with E-state index in [1.54, 1.807) is 23.2 Å². The Morgan fingerprint density at radius 1 is 1.39 bits per heavy atom. The van der Waals surface area contributed by atoms with Gasteiger partial charge in [-0.15, -0.1) is 11.3 Å². The van der Waals surface area contributed by atoms with Gasteiger partial charge in [0.15, 0.2) is 0 Å². The summed E-state index contributed by atoms with van der Waals surface area (Å²) in [6, 6.07) is 8.03. The molecule has 122 valence electrons. The zero-order valence-corrected chi connectivity index (χ0v) is 13.9. The Kier molecular flexibility index (Phi) is 4.35. The lowest BCUT2D eigenvalue weighted by Crippen LogP contribution is -2.34. The lowest BCUT2D eigenvalue weighted by atomic mass is 9.90. The number of thiazole rings is 1. The largest absolute Gasteiger partial charge is 0.481 e. The third-order valence-electron chi connectivity index (χ3n) is 4.46. The lowest BCUT2D eigenvalue weighted by molar-refractivity contribution is -0.147. The van der Waals surface area contributed by atoms with E-state index in [0.717, 1.165) is 23.4 Å². The molecule has 0 saturated carbocycles. The van der Waals surface area contributed by atoms with E-state index in [9.17, 15) is 14.7 Å². The summed E-state index contributed by atoms with van der Waals surface area (Å²) in [6.45, 7) is 2.58. The van der Waals surface area contributed by atoms with Gasteiger partial charge in [0.2, 0.25) is 5.91 Å². The van der Waals surface area contributed by atoms with E-state index in [2.05, 4.69) is 11.1 Å². The van der Waals surface area contributed by atoms with Crippen molar-refractivity contribution in [2.24, 2.45) is 5.41 Å². The van der Waals surface area contributed by atoms with Crippen LogP contribution in [-0.4, -0.2) is 40.0 Å². The molecular weight excluding hydrogens is 312 g/mol. The number of aromatic nitrogens is 1. The van der Waals surface area contributed by atoms with Crippen LogP contribution in [0.5, 0.6) is 0 Å². The SMILES string of the molecule is CC1(C(=O)O)CCN(C(=O)CCCc2nc3ccccc3s2)C1. The van der Waals surface area contributed by atoms with Crippen LogP contribution in [0.4, 0.5) is 0 Å². The molecule has 23 heavy (non-hydrogen) atoms. The van der Waals surface area contributed by atoms with E-state index in [4.69, 9.17) is 0 Å². The van der Waals surface area contributed by atoms with Crippen LogP contribution < -0.4 is 0 Å². The summed E-state index contributed by atoms with van der Waals surface area (Å²) in [5.41, 5.74) is 0.221. The van der Waals surface area contributed by atoms with Crippen LogP contribution in [0.2, 0.25) is 0 Å². The molecule has 1 N–H and O–H groups in total. The lowest BCUT2D eigenvalue weighted by Gasteiger charge is -2.20. The average molecular weight is 332 g/mol. The van der Waals surface area contributed by atoms with Gasteiger partial charge in [0.25, 0.3) is 0 Å². The van der Waals surface area contributed by atoms with Crippen molar-refractivity contribution >= 4 is 33.4 Å². The van der Waals surface area contributed by atoms with Crippen LogP contribution in [0.1, 0.15) is 31.2 Å². The summed E-state index contributed by atoms with van der Waals surface area (Å²) in [6.07, 6.45) is 2.52. The standard InChI is InChI=1S/C17H20N2O3S/c1-17(16(21)22)9-10-19(11-17)15(20)8-4-7-14-18-12-5-2-3-6-13(12)23-14/h2-3,5-6H,4,7-11H2,1H3,(H,21,22). The zero-order valence-electron chi connectivity index (χ0n) is 13.1. The van der Waals surface area contributed by atoms with Gasteiger partial charge in [0, 0.05) is 19.5 Å². The van der Waals surface area contributed by atoms with Crippen LogP contribution >= 0.6 is 11.3 Å². The highest BCUT2D eigenvalue weighted by Gasteiger charge is 2.41. The summed E-state index contributed by atoms with van der Waals surface area (Å²) >= 11 is 1.67. The van der Waals surface area contributed by atoms with Crippen molar-refractivity contribution in [2.75, 3.05) is 13.1 Å². The van der Waals surface area contributed by atoms with E-state index < -0.39 is 11.4 Å². The number of aliphatic carboxylic acids is 1. The smallest absolute Gasteiger partial charge is 0.311 e. The molecule has 5 nitrogen and oxygen atoms in total. The van der Waals surface area contributed by atoms with Crippen LogP contribution in [0.25, 0.3) is 10.2 Å². The number of rotatable bonds is 5. The number of para-hydroxylation sites is 1.